The molecule has 0 fully saturated rings. The Balaban J connectivity index is 2.02. The first-order valence-corrected chi connectivity index (χ1v) is 13.2. The number of phenols is 1. The first-order chi connectivity index (χ1) is 17.8. The van der Waals surface area contributed by atoms with Crippen LogP contribution in [0.25, 0.3) is 0 Å². The van der Waals surface area contributed by atoms with Crippen LogP contribution < -0.4 is 4.74 Å². The number of nitro groups is 1. The summed E-state index contributed by atoms with van der Waals surface area (Å²) in [5.74, 6) is -1.47. The van der Waals surface area contributed by atoms with E-state index in [0.717, 1.165) is 17.8 Å². The number of allylic oxidation sites excluding steroid dienone is 4. The Morgan fingerprint density at radius 3 is 2.05 bits per heavy atom. The standard InChI is InChI=1S/C29H38N2O7/c1-7-38-23-12-17(11-18(27(23)34)31(35)36)24-25-19(13-28(2,3)15-21(25)32)30(9-8-10-37-6)20-14-29(4,5)16-22(33)26(20)24/h11-12,24,34H,7-10,13-16H2,1-6H3. The lowest BCUT2D eigenvalue weighted by Gasteiger charge is -2.49. The van der Waals surface area contributed by atoms with E-state index in [1.54, 1.807) is 20.1 Å². The molecule has 0 spiro atoms. The highest BCUT2D eigenvalue weighted by atomic mass is 16.6. The van der Waals surface area contributed by atoms with Crippen LogP contribution in [0.15, 0.2) is 34.7 Å². The van der Waals surface area contributed by atoms with E-state index in [9.17, 15) is 24.8 Å². The lowest BCUT2D eigenvalue weighted by atomic mass is 9.63. The molecule has 9 nitrogen and oxygen atoms in total. The highest BCUT2D eigenvalue weighted by Crippen LogP contribution is 2.55. The number of rotatable bonds is 8. The molecule has 0 aromatic heterocycles. The number of benzene rings is 1. The summed E-state index contributed by atoms with van der Waals surface area (Å²) in [6.45, 7) is 11.3. The van der Waals surface area contributed by atoms with Gasteiger partial charge in [0.25, 0.3) is 0 Å². The molecule has 2 aliphatic carbocycles. The van der Waals surface area contributed by atoms with E-state index in [-0.39, 0.29) is 34.8 Å². The van der Waals surface area contributed by atoms with Crippen LogP contribution in [0.1, 0.15) is 78.2 Å². The van der Waals surface area contributed by atoms with Gasteiger partial charge in [-0.25, -0.2) is 0 Å². The van der Waals surface area contributed by atoms with E-state index in [4.69, 9.17) is 9.47 Å². The van der Waals surface area contributed by atoms with Crippen molar-refractivity contribution in [2.75, 3.05) is 26.9 Å². The van der Waals surface area contributed by atoms with Crippen molar-refractivity contribution in [3.63, 3.8) is 0 Å². The Hall–Kier alpha value is -3.20. The SMILES string of the molecule is CCOc1cc(C2C3=C(CC(C)(C)CC3=O)N(CCCOC)C3=C2C(=O)CC(C)(C)C3)cc([N+](=O)[O-])c1O. The number of Topliss-reactive ketones (excluding diaryl/α,β-unsaturated/α-hetero) is 2. The average molecular weight is 527 g/mol. The van der Waals surface area contributed by atoms with Gasteiger partial charge in [0.15, 0.2) is 17.3 Å². The van der Waals surface area contributed by atoms with Crippen molar-refractivity contribution in [2.24, 2.45) is 10.8 Å². The van der Waals surface area contributed by atoms with Gasteiger partial charge in [-0.2, -0.15) is 0 Å². The Labute approximate surface area is 223 Å². The normalized spacial score (nSPS) is 20.9. The van der Waals surface area contributed by atoms with Crippen LogP contribution in [-0.2, 0) is 14.3 Å². The van der Waals surface area contributed by atoms with Crippen molar-refractivity contribution in [1.29, 1.82) is 0 Å². The number of ether oxygens (including phenoxy) is 2. The molecule has 1 N–H and O–H groups in total. The number of methoxy groups -OCH3 is 1. The number of aromatic hydroxyl groups is 1. The Bertz CT molecular complexity index is 1190. The van der Waals surface area contributed by atoms with Gasteiger partial charge in [0.05, 0.1) is 11.5 Å². The van der Waals surface area contributed by atoms with Gasteiger partial charge in [-0.05, 0) is 48.6 Å². The quantitative estimate of drug-likeness (QED) is 0.271. The summed E-state index contributed by atoms with van der Waals surface area (Å²) in [6, 6.07) is 2.84. The van der Waals surface area contributed by atoms with E-state index in [1.165, 1.54) is 6.07 Å². The maximum atomic E-state index is 13.9. The summed E-state index contributed by atoms with van der Waals surface area (Å²) >= 11 is 0. The van der Waals surface area contributed by atoms with E-state index in [2.05, 4.69) is 32.6 Å². The monoisotopic (exact) mass is 526 g/mol. The third-order valence-corrected chi connectivity index (χ3v) is 7.66. The van der Waals surface area contributed by atoms with Crippen LogP contribution in [-0.4, -0.2) is 53.4 Å². The minimum atomic E-state index is -0.760. The molecule has 0 unspecified atom stereocenters. The van der Waals surface area contributed by atoms with Gasteiger partial charge in [-0.15, -0.1) is 0 Å². The largest absolute Gasteiger partial charge is 0.500 e. The van der Waals surface area contributed by atoms with Crippen molar-refractivity contribution in [3.05, 3.63) is 50.4 Å². The molecular weight excluding hydrogens is 488 g/mol. The first-order valence-electron chi connectivity index (χ1n) is 13.2. The fourth-order valence-electron chi connectivity index (χ4n) is 6.20. The zero-order valence-corrected chi connectivity index (χ0v) is 23.2. The molecule has 1 aromatic carbocycles. The highest BCUT2D eigenvalue weighted by molar-refractivity contribution is 6.07. The van der Waals surface area contributed by atoms with Gasteiger partial charge in [0.2, 0.25) is 5.75 Å². The molecule has 0 atom stereocenters. The molecule has 1 heterocycles. The van der Waals surface area contributed by atoms with Crippen molar-refractivity contribution in [2.45, 2.75) is 72.6 Å². The summed E-state index contributed by atoms with van der Waals surface area (Å²) < 4.78 is 10.9. The highest BCUT2D eigenvalue weighted by Gasteiger charge is 2.49. The van der Waals surface area contributed by atoms with Crippen LogP contribution in [0.2, 0.25) is 0 Å². The van der Waals surface area contributed by atoms with Crippen LogP contribution in [0, 0.1) is 20.9 Å². The molecule has 9 heteroatoms. The van der Waals surface area contributed by atoms with Crippen LogP contribution in [0.3, 0.4) is 0 Å². The lowest BCUT2D eigenvalue weighted by Crippen LogP contribution is -2.44. The van der Waals surface area contributed by atoms with E-state index < -0.39 is 22.3 Å². The van der Waals surface area contributed by atoms with Crippen LogP contribution in [0.4, 0.5) is 5.69 Å². The minimum absolute atomic E-state index is 0.0318. The van der Waals surface area contributed by atoms with Gasteiger partial charge in [0, 0.05) is 67.6 Å². The molecule has 0 saturated heterocycles. The molecule has 38 heavy (non-hydrogen) atoms. The molecular formula is C29H38N2O7. The van der Waals surface area contributed by atoms with E-state index >= 15 is 0 Å². The van der Waals surface area contributed by atoms with Crippen molar-refractivity contribution < 1.29 is 29.1 Å². The molecule has 4 rings (SSSR count). The third-order valence-electron chi connectivity index (χ3n) is 7.66. The predicted molar refractivity (Wildman–Crippen MR) is 142 cm³/mol. The summed E-state index contributed by atoms with van der Waals surface area (Å²) in [5.41, 5.74) is 2.16. The van der Waals surface area contributed by atoms with Gasteiger partial charge in [-0.3, -0.25) is 19.7 Å². The fourth-order valence-corrected chi connectivity index (χ4v) is 6.20. The zero-order valence-electron chi connectivity index (χ0n) is 23.2. The van der Waals surface area contributed by atoms with E-state index in [0.29, 0.717) is 55.5 Å². The average Bonchev–Trinajstić information content (AvgIpc) is 2.79. The molecule has 206 valence electrons. The molecule has 0 amide bonds. The van der Waals surface area contributed by atoms with Crippen molar-refractivity contribution in [1.82, 2.24) is 4.90 Å². The van der Waals surface area contributed by atoms with Crippen LogP contribution in [0.5, 0.6) is 11.5 Å². The number of nitrogens with zero attached hydrogens (tertiary/aromatic N) is 2. The lowest BCUT2D eigenvalue weighted by molar-refractivity contribution is -0.386. The first kappa shape index (κ1) is 27.8. The molecule has 1 aromatic rings. The summed E-state index contributed by atoms with van der Waals surface area (Å²) in [5, 5.41) is 22.4. The summed E-state index contributed by atoms with van der Waals surface area (Å²) in [6.07, 6.45) is 2.63. The molecule has 3 aliphatic rings. The smallest absolute Gasteiger partial charge is 0.314 e. The topological polar surface area (TPSA) is 119 Å². The van der Waals surface area contributed by atoms with Gasteiger partial charge >= 0.3 is 5.69 Å². The number of nitro benzene ring substituents is 1. The van der Waals surface area contributed by atoms with Gasteiger partial charge in [-0.1, -0.05) is 27.7 Å². The minimum Gasteiger partial charge on any atom is -0.500 e. The third kappa shape index (κ3) is 5.08. The Morgan fingerprint density at radius 1 is 1.03 bits per heavy atom. The molecule has 0 bridgehead atoms. The van der Waals surface area contributed by atoms with Crippen molar-refractivity contribution >= 4 is 17.3 Å². The summed E-state index contributed by atoms with van der Waals surface area (Å²) in [4.78, 5) is 41.1. The van der Waals surface area contributed by atoms with Gasteiger partial charge < -0.3 is 19.5 Å². The van der Waals surface area contributed by atoms with E-state index in [1.807, 2.05) is 0 Å². The number of phenolic OH excluding ortho intramolecular Hbond substituents is 1. The number of hydrogen-bond acceptors (Lipinski definition) is 8. The maximum Gasteiger partial charge on any atom is 0.314 e. The molecule has 1 aliphatic heterocycles. The van der Waals surface area contributed by atoms with Crippen molar-refractivity contribution in [3.8, 4) is 11.5 Å². The Morgan fingerprint density at radius 2 is 1.58 bits per heavy atom. The second kappa shape index (κ2) is 10.2. The zero-order chi connectivity index (χ0) is 28.0. The molecule has 0 radical (unpaired) electrons. The second-order valence-corrected chi connectivity index (χ2v) is 12.1. The summed E-state index contributed by atoms with van der Waals surface area (Å²) in [7, 11) is 1.65. The fraction of sp³-hybridized carbons (Fsp3) is 0.586. The van der Waals surface area contributed by atoms with Gasteiger partial charge in [0.1, 0.15) is 0 Å². The second-order valence-electron chi connectivity index (χ2n) is 12.1. The number of hydrogen-bond donors (Lipinski definition) is 1. The number of carbonyl (C=O) groups excluding carboxylic acids is 2. The molecule has 0 saturated carbocycles. The number of carbonyl (C=O) groups is 2. The Kier molecular flexibility index (Phi) is 7.45. The number of ketones is 2. The van der Waals surface area contributed by atoms with Crippen LogP contribution >= 0.6 is 0 Å². The predicted octanol–water partition coefficient (Wildman–Crippen LogP) is 5.42. The maximum absolute atomic E-state index is 13.9.